The van der Waals surface area contributed by atoms with Gasteiger partial charge in [-0.15, -0.1) is 0 Å². The van der Waals surface area contributed by atoms with Crippen LogP contribution in [-0.4, -0.2) is 32.2 Å². The van der Waals surface area contributed by atoms with Gasteiger partial charge in [-0.2, -0.15) is 0 Å². The molecule has 1 aromatic carbocycles. The van der Waals surface area contributed by atoms with Crippen molar-refractivity contribution in [3.63, 3.8) is 0 Å². The number of aromatic nitrogens is 1. The van der Waals surface area contributed by atoms with Crippen molar-refractivity contribution in [3.8, 4) is 0 Å². The SMILES string of the molecule is CNCc1cnccc1N1CCN(C)c2ccccc21. The van der Waals surface area contributed by atoms with E-state index in [9.17, 15) is 0 Å². The number of fused-ring (bicyclic) bond motifs is 1. The van der Waals surface area contributed by atoms with E-state index >= 15 is 0 Å². The van der Waals surface area contributed by atoms with Gasteiger partial charge in [-0.05, 0) is 25.2 Å². The van der Waals surface area contributed by atoms with Crippen molar-refractivity contribution in [2.24, 2.45) is 0 Å². The summed E-state index contributed by atoms with van der Waals surface area (Å²) in [6, 6.07) is 10.7. The molecule has 0 aliphatic carbocycles. The van der Waals surface area contributed by atoms with Crippen LogP contribution in [0.3, 0.4) is 0 Å². The molecule has 0 saturated heterocycles. The summed E-state index contributed by atoms with van der Waals surface area (Å²) in [5.74, 6) is 0. The first-order valence-corrected chi connectivity index (χ1v) is 6.96. The average molecular weight is 268 g/mol. The number of hydrogen-bond donors (Lipinski definition) is 1. The minimum atomic E-state index is 0.831. The van der Waals surface area contributed by atoms with Crippen LogP contribution in [0.1, 0.15) is 5.56 Å². The fraction of sp³-hybridized carbons (Fsp3) is 0.312. The highest BCUT2D eigenvalue weighted by molar-refractivity contribution is 5.80. The van der Waals surface area contributed by atoms with Crippen LogP contribution in [0, 0.1) is 0 Å². The van der Waals surface area contributed by atoms with Crippen LogP contribution >= 0.6 is 0 Å². The van der Waals surface area contributed by atoms with Gasteiger partial charge in [0.1, 0.15) is 0 Å². The maximum Gasteiger partial charge on any atom is 0.0649 e. The van der Waals surface area contributed by atoms with Crippen LogP contribution in [0.25, 0.3) is 0 Å². The number of nitrogens with zero attached hydrogens (tertiary/aromatic N) is 3. The fourth-order valence-corrected chi connectivity index (χ4v) is 2.77. The quantitative estimate of drug-likeness (QED) is 0.926. The largest absolute Gasteiger partial charge is 0.371 e. The highest BCUT2D eigenvalue weighted by Gasteiger charge is 2.22. The molecule has 0 atom stereocenters. The second-order valence-electron chi connectivity index (χ2n) is 5.10. The smallest absolute Gasteiger partial charge is 0.0649 e. The number of para-hydroxylation sites is 2. The molecule has 0 bridgehead atoms. The summed E-state index contributed by atoms with van der Waals surface area (Å²) in [5, 5.41) is 3.22. The van der Waals surface area contributed by atoms with Gasteiger partial charge in [0.15, 0.2) is 0 Å². The van der Waals surface area contributed by atoms with E-state index in [1.54, 1.807) is 0 Å². The first-order chi connectivity index (χ1) is 9.81. The molecule has 2 aromatic rings. The lowest BCUT2D eigenvalue weighted by molar-refractivity contribution is 0.788. The summed E-state index contributed by atoms with van der Waals surface area (Å²) in [7, 11) is 4.12. The first-order valence-electron chi connectivity index (χ1n) is 6.96. The Hall–Kier alpha value is -2.07. The Morgan fingerprint density at radius 1 is 1.10 bits per heavy atom. The molecular weight excluding hydrogens is 248 g/mol. The van der Waals surface area contributed by atoms with Gasteiger partial charge in [0.05, 0.1) is 11.4 Å². The lowest BCUT2D eigenvalue weighted by Gasteiger charge is -2.37. The molecule has 1 aliphatic rings. The summed E-state index contributed by atoms with van der Waals surface area (Å²) in [5.41, 5.74) is 5.03. The van der Waals surface area contributed by atoms with Crippen LogP contribution in [0.5, 0.6) is 0 Å². The predicted octanol–water partition coefficient (Wildman–Crippen LogP) is 2.39. The third kappa shape index (κ3) is 2.23. The molecule has 3 rings (SSSR count). The van der Waals surface area contributed by atoms with Crippen molar-refractivity contribution in [2.45, 2.75) is 6.54 Å². The lowest BCUT2D eigenvalue weighted by atomic mass is 10.1. The van der Waals surface area contributed by atoms with Crippen molar-refractivity contribution in [1.82, 2.24) is 10.3 Å². The summed E-state index contributed by atoms with van der Waals surface area (Å²) >= 11 is 0. The second-order valence-corrected chi connectivity index (χ2v) is 5.10. The normalized spacial score (nSPS) is 14.3. The van der Waals surface area contributed by atoms with Crippen LogP contribution in [0.2, 0.25) is 0 Å². The van der Waals surface area contributed by atoms with Gasteiger partial charge in [0, 0.05) is 50.3 Å². The lowest BCUT2D eigenvalue weighted by Crippen LogP contribution is -2.37. The topological polar surface area (TPSA) is 31.4 Å². The predicted molar refractivity (Wildman–Crippen MR) is 83.7 cm³/mol. The van der Waals surface area contributed by atoms with E-state index in [-0.39, 0.29) is 0 Å². The molecule has 4 heteroatoms. The molecule has 1 aliphatic heterocycles. The van der Waals surface area contributed by atoms with Crippen molar-refractivity contribution >= 4 is 17.1 Å². The molecule has 2 heterocycles. The van der Waals surface area contributed by atoms with Gasteiger partial charge in [-0.1, -0.05) is 12.1 Å². The first kappa shape index (κ1) is 12.9. The minimum Gasteiger partial charge on any atom is -0.371 e. The zero-order chi connectivity index (χ0) is 13.9. The van der Waals surface area contributed by atoms with E-state index < -0.39 is 0 Å². The summed E-state index contributed by atoms with van der Waals surface area (Å²) in [6.45, 7) is 2.85. The van der Waals surface area contributed by atoms with Crippen LogP contribution in [0.15, 0.2) is 42.7 Å². The van der Waals surface area contributed by atoms with E-state index in [2.05, 4.69) is 57.5 Å². The third-order valence-corrected chi connectivity index (χ3v) is 3.78. The molecule has 0 saturated carbocycles. The molecule has 1 N–H and O–H groups in total. The van der Waals surface area contributed by atoms with Crippen molar-refractivity contribution in [2.75, 3.05) is 37.0 Å². The average Bonchev–Trinajstić information content (AvgIpc) is 2.49. The summed E-state index contributed by atoms with van der Waals surface area (Å²) in [4.78, 5) is 8.96. The Morgan fingerprint density at radius 2 is 1.90 bits per heavy atom. The van der Waals surface area contributed by atoms with Gasteiger partial charge < -0.3 is 15.1 Å². The number of likely N-dealkylation sites (N-methyl/N-ethyl adjacent to an activating group) is 1. The highest BCUT2D eigenvalue weighted by Crippen LogP contribution is 2.37. The molecule has 1 aromatic heterocycles. The van der Waals surface area contributed by atoms with Crippen LogP contribution < -0.4 is 15.1 Å². The Morgan fingerprint density at radius 3 is 2.70 bits per heavy atom. The maximum absolute atomic E-state index is 4.25. The summed E-state index contributed by atoms with van der Waals surface area (Å²) < 4.78 is 0. The minimum absolute atomic E-state index is 0.831. The van der Waals surface area contributed by atoms with Gasteiger partial charge >= 0.3 is 0 Å². The van der Waals surface area contributed by atoms with E-state index in [1.165, 1.54) is 22.6 Å². The Kier molecular flexibility index (Phi) is 3.56. The van der Waals surface area contributed by atoms with Crippen LogP contribution in [-0.2, 0) is 6.54 Å². The van der Waals surface area contributed by atoms with Gasteiger partial charge in [0.25, 0.3) is 0 Å². The van der Waals surface area contributed by atoms with Gasteiger partial charge in [-0.3, -0.25) is 4.98 Å². The van der Waals surface area contributed by atoms with E-state index in [0.717, 1.165) is 19.6 Å². The number of hydrogen-bond acceptors (Lipinski definition) is 4. The molecule has 0 fully saturated rings. The number of rotatable bonds is 3. The van der Waals surface area contributed by atoms with E-state index in [0.29, 0.717) is 0 Å². The third-order valence-electron chi connectivity index (χ3n) is 3.78. The van der Waals surface area contributed by atoms with Crippen molar-refractivity contribution < 1.29 is 0 Å². The highest BCUT2D eigenvalue weighted by atomic mass is 15.3. The molecule has 20 heavy (non-hydrogen) atoms. The van der Waals surface area contributed by atoms with Crippen LogP contribution in [0.4, 0.5) is 17.1 Å². The van der Waals surface area contributed by atoms with Gasteiger partial charge in [0.2, 0.25) is 0 Å². The van der Waals surface area contributed by atoms with Gasteiger partial charge in [-0.25, -0.2) is 0 Å². The fourth-order valence-electron chi connectivity index (χ4n) is 2.77. The molecule has 0 amide bonds. The van der Waals surface area contributed by atoms with Crippen molar-refractivity contribution in [1.29, 1.82) is 0 Å². The van der Waals surface area contributed by atoms with E-state index in [1.807, 2.05) is 19.4 Å². The molecular formula is C16H20N4. The van der Waals surface area contributed by atoms with E-state index in [4.69, 9.17) is 0 Å². The Bertz CT molecular complexity index is 597. The second kappa shape index (κ2) is 5.51. The zero-order valence-electron chi connectivity index (χ0n) is 12.0. The standard InChI is InChI=1S/C16H20N4/c1-17-11-13-12-18-8-7-14(13)20-10-9-19(2)15-5-3-4-6-16(15)20/h3-8,12,17H,9-11H2,1-2H3. The molecule has 0 spiro atoms. The Labute approximate surface area is 120 Å². The zero-order valence-corrected chi connectivity index (χ0v) is 12.0. The maximum atomic E-state index is 4.25. The monoisotopic (exact) mass is 268 g/mol. The summed E-state index contributed by atoms with van der Waals surface area (Å²) in [6.07, 6.45) is 3.82. The number of benzene rings is 1. The number of nitrogens with one attached hydrogen (secondary N) is 1. The number of pyridine rings is 1. The molecule has 0 unspecified atom stereocenters. The Balaban J connectivity index is 2.06. The molecule has 0 radical (unpaired) electrons. The van der Waals surface area contributed by atoms with Crippen molar-refractivity contribution in [3.05, 3.63) is 48.3 Å². The number of anilines is 3. The molecule has 104 valence electrons. The molecule has 4 nitrogen and oxygen atoms in total.